The lowest BCUT2D eigenvalue weighted by Crippen LogP contribution is -2.54. The van der Waals surface area contributed by atoms with Gasteiger partial charge < -0.3 is 11.5 Å². The van der Waals surface area contributed by atoms with Crippen molar-refractivity contribution in [3.05, 3.63) is 6.26 Å². The van der Waals surface area contributed by atoms with Gasteiger partial charge in [0, 0.05) is 6.26 Å². The maximum atomic E-state index is 11.2. The van der Waals surface area contributed by atoms with Gasteiger partial charge in [-0.15, -0.1) is 5.10 Å². The van der Waals surface area contributed by atoms with Gasteiger partial charge in [0.15, 0.2) is 0 Å². The van der Waals surface area contributed by atoms with E-state index in [0.29, 0.717) is 0 Å². The smallest absolute Gasteiger partial charge is 0.255 e. The van der Waals surface area contributed by atoms with Crippen LogP contribution in [0.4, 0.5) is 0 Å². The number of hydrogen-bond acceptors (Lipinski definition) is 6. The van der Waals surface area contributed by atoms with E-state index < -0.39 is 17.4 Å². The van der Waals surface area contributed by atoms with Crippen LogP contribution in [0.5, 0.6) is 0 Å². The number of rotatable bonds is 4. The number of thioether (sulfide) groups is 1. The van der Waals surface area contributed by atoms with Crippen LogP contribution in [-0.4, -0.2) is 32.0 Å². The second-order valence-electron chi connectivity index (χ2n) is 2.82. The van der Waals surface area contributed by atoms with Gasteiger partial charge in [-0.3, -0.25) is 9.59 Å². The third-order valence-corrected chi connectivity index (χ3v) is 2.47. The highest BCUT2D eigenvalue weighted by atomic mass is 32.2. The fraction of sp³-hybridized carbons (Fsp3) is 0.333. The van der Waals surface area contributed by atoms with Crippen molar-refractivity contribution in [1.29, 1.82) is 0 Å². The maximum absolute atomic E-state index is 11.2. The molecule has 15 heavy (non-hydrogen) atoms. The molecule has 0 aliphatic carbocycles. The molecule has 9 heteroatoms. The van der Waals surface area contributed by atoms with Crippen LogP contribution in [0.2, 0.25) is 0 Å². The van der Waals surface area contributed by atoms with E-state index in [9.17, 15) is 9.59 Å². The Hall–Kier alpha value is -1.64. The van der Waals surface area contributed by atoms with Crippen LogP contribution < -0.4 is 11.5 Å². The van der Waals surface area contributed by atoms with Gasteiger partial charge in [-0.05, 0) is 17.4 Å². The van der Waals surface area contributed by atoms with Gasteiger partial charge in [0.2, 0.25) is 10.7 Å². The molecule has 0 spiro atoms. The Morgan fingerprint density at radius 1 is 1.47 bits per heavy atom. The average Bonchev–Trinajstić information content (AvgIpc) is 2.63. The SMILES string of the molecule is [CH2]Sc1nnnn1C(C)(C(N)=O)C(N)=O. The highest BCUT2D eigenvalue weighted by Gasteiger charge is 2.43. The van der Waals surface area contributed by atoms with Gasteiger partial charge >= 0.3 is 0 Å². The van der Waals surface area contributed by atoms with Crippen LogP contribution in [0.1, 0.15) is 6.92 Å². The van der Waals surface area contributed by atoms with E-state index in [1.54, 1.807) is 0 Å². The largest absolute Gasteiger partial charge is 0.367 e. The van der Waals surface area contributed by atoms with Crippen molar-refractivity contribution in [3.8, 4) is 0 Å². The summed E-state index contributed by atoms with van der Waals surface area (Å²) in [5.41, 5.74) is 8.41. The molecule has 1 radical (unpaired) electrons. The van der Waals surface area contributed by atoms with Gasteiger partial charge in [-0.2, -0.15) is 4.68 Å². The average molecular weight is 229 g/mol. The normalized spacial score (nSPS) is 11.3. The van der Waals surface area contributed by atoms with Crippen LogP contribution >= 0.6 is 11.8 Å². The fourth-order valence-electron chi connectivity index (χ4n) is 0.880. The molecule has 0 bridgehead atoms. The lowest BCUT2D eigenvalue weighted by atomic mass is 10.0. The molecule has 0 atom stereocenters. The Kier molecular flexibility index (Phi) is 2.93. The van der Waals surface area contributed by atoms with Crippen LogP contribution in [0, 0.1) is 6.26 Å². The minimum atomic E-state index is -1.79. The Balaban J connectivity index is 3.34. The number of carbonyl (C=O) groups excluding carboxylic acids is 2. The van der Waals surface area contributed by atoms with E-state index in [2.05, 4.69) is 21.8 Å². The number of aromatic nitrogens is 4. The molecule has 0 aliphatic heterocycles. The summed E-state index contributed by atoms with van der Waals surface area (Å²) in [5.74, 6) is -1.87. The summed E-state index contributed by atoms with van der Waals surface area (Å²) < 4.78 is 0.954. The standard InChI is InChI=1S/C6H9N6O2S/c1-6(3(7)13,4(8)14)12-5(15-2)9-10-11-12/h2H2,1H3,(H2,7,13)(H2,8,14). The summed E-state index contributed by atoms with van der Waals surface area (Å²) in [6.07, 6.45) is 3.47. The molecule has 0 fully saturated rings. The molecule has 0 aromatic carbocycles. The summed E-state index contributed by atoms with van der Waals surface area (Å²) in [5, 5.41) is 10.5. The Morgan fingerprint density at radius 3 is 2.40 bits per heavy atom. The molecule has 1 aromatic heterocycles. The molecular weight excluding hydrogens is 220 g/mol. The van der Waals surface area contributed by atoms with Crippen molar-refractivity contribution in [2.75, 3.05) is 0 Å². The van der Waals surface area contributed by atoms with E-state index in [4.69, 9.17) is 11.5 Å². The van der Waals surface area contributed by atoms with Crippen molar-refractivity contribution in [3.63, 3.8) is 0 Å². The molecular formula is C6H9N6O2S. The van der Waals surface area contributed by atoms with E-state index in [0.717, 1.165) is 16.4 Å². The fourth-order valence-corrected chi connectivity index (χ4v) is 1.32. The number of hydrogen-bond donors (Lipinski definition) is 2. The monoisotopic (exact) mass is 229 g/mol. The summed E-state index contributed by atoms with van der Waals surface area (Å²) >= 11 is 0.925. The van der Waals surface area contributed by atoms with Crippen LogP contribution in [0.15, 0.2) is 5.16 Å². The van der Waals surface area contributed by atoms with Crippen LogP contribution in [0.3, 0.4) is 0 Å². The minimum absolute atomic E-state index is 0.176. The zero-order chi connectivity index (χ0) is 11.6. The Bertz CT molecular complexity index is 388. The Labute approximate surface area is 89.4 Å². The molecule has 1 heterocycles. The van der Waals surface area contributed by atoms with Gasteiger partial charge in [0.1, 0.15) is 0 Å². The second kappa shape index (κ2) is 3.85. The summed E-state index contributed by atoms with van der Waals surface area (Å²) in [7, 11) is 0. The first-order valence-electron chi connectivity index (χ1n) is 3.75. The highest BCUT2D eigenvalue weighted by molar-refractivity contribution is 8.00. The first kappa shape index (κ1) is 11.4. The number of nitrogens with zero attached hydrogens (tertiary/aromatic N) is 4. The van der Waals surface area contributed by atoms with Crippen molar-refractivity contribution in [2.24, 2.45) is 11.5 Å². The van der Waals surface area contributed by atoms with Crippen LogP contribution in [0.25, 0.3) is 0 Å². The topological polar surface area (TPSA) is 130 Å². The zero-order valence-corrected chi connectivity index (χ0v) is 8.69. The summed E-state index contributed by atoms with van der Waals surface area (Å²) in [6.45, 7) is 1.24. The van der Waals surface area contributed by atoms with E-state index in [1.807, 2.05) is 0 Å². The Morgan fingerprint density at radius 2 is 2.00 bits per heavy atom. The zero-order valence-electron chi connectivity index (χ0n) is 7.88. The van der Waals surface area contributed by atoms with Crippen molar-refractivity contribution in [2.45, 2.75) is 17.6 Å². The lowest BCUT2D eigenvalue weighted by molar-refractivity contribution is -0.138. The third kappa shape index (κ3) is 1.65. The number of tetrazole rings is 1. The molecule has 0 saturated heterocycles. The van der Waals surface area contributed by atoms with E-state index in [-0.39, 0.29) is 5.16 Å². The molecule has 1 aromatic rings. The molecule has 0 saturated carbocycles. The van der Waals surface area contributed by atoms with Crippen molar-refractivity contribution in [1.82, 2.24) is 20.2 Å². The minimum Gasteiger partial charge on any atom is -0.367 e. The first-order chi connectivity index (χ1) is 6.94. The lowest BCUT2D eigenvalue weighted by Gasteiger charge is -2.22. The first-order valence-corrected chi connectivity index (χ1v) is 4.73. The maximum Gasteiger partial charge on any atom is 0.255 e. The molecule has 0 aliphatic rings. The van der Waals surface area contributed by atoms with Gasteiger partial charge in [-0.1, -0.05) is 11.8 Å². The quantitative estimate of drug-likeness (QED) is 0.464. The molecule has 8 nitrogen and oxygen atoms in total. The third-order valence-electron chi connectivity index (χ3n) is 1.95. The van der Waals surface area contributed by atoms with Crippen molar-refractivity contribution < 1.29 is 9.59 Å². The predicted octanol–water partition coefficient (Wildman–Crippen LogP) is -1.76. The van der Waals surface area contributed by atoms with E-state index in [1.165, 1.54) is 6.92 Å². The number of nitrogens with two attached hydrogens (primary N) is 2. The van der Waals surface area contributed by atoms with E-state index >= 15 is 0 Å². The molecule has 81 valence electrons. The highest BCUT2D eigenvalue weighted by Crippen LogP contribution is 2.20. The predicted molar refractivity (Wildman–Crippen MR) is 51.1 cm³/mol. The second-order valence-corrected chi connectivity index (χ2v) is 3.47. The van der Waals surface area contributed by atoms with Gasteiger partial charge in [0.25, 0.3) is 11.8 Å². The van der Waals surface area contributed by atoms with Crippen LogP contribution in [-0.2, 0) is 15.1 Å². The summed E-state index contributed by atoms with van der Waals surface area (Å²) in [6, 6.07) is 0. The molecule has 0 unspecified atom stereocenters. The molecule has 4 N–H and O–H groups in total. The summed E-state index contributed by atoms with van der Waals surface area (Å²) in [4.78, 5) is 22.4. The molecule has 1 rings (SSSR count). The molecule has 2 amide bonds. The van der Waals surface area contributed by atoms with Gasteiger partial charge in [-0.25, -0.2) is 0 Å². The van der Waals surface area contributed by atoms with Crippen molar-refractivity contribution >= 4 is 23.6 Å². The van der Waals surface area contributed by atoms with Gasteiger partial charge in [0.05, 0.1) is 0 Å². The number of primary amides is 2. The number of amides is 2. The number of carbonyl (C=O) groups is 2.